The van der Waals surface area contributed by atoms with Crippen LogP contribution in [0.3, 0.4) is 0 Å². The zero-order valence-corrected chi connectivity index (χ0v) is 14.7. The van der Waals surface area contributed by atoms with Crippen LogP contribution in [0.1, 0.15) is 61.9 Å². The molecule has 2 N–H and O–H groups in total. The zero-order valence-electron chi connectivity index (χ0n) is 14.7. The molecule has 0 saturated heterocycles. The highest BCUT2D eigenvalue weighted by molar-refractivity contribution is 5.97. The number of nitrogens with one attached hydrogen (secondary N) is 2. The van der Waals surface area contributed by atoms with Crippen LogP contribution in [0.15, 0.2) is 0 Å². The van der Waals surface area contributed by atoms with Crippen LogP contribution in [0, 0.1) is 13.8 Å². The van der Waals surface area contributed by atoms with Gasteiger partial charge >= 0.3 is 0 Å². The van der Waals surface area contributed by atoms with Crippen molar-refractivity contribution in [2.75, 3.05) is 26.2 Å². The second-order valence-electron chi connectivity index (χ2n) is 6.66. The van der Waals surface area contributed by atoms with Crippen LogP contribution >= 0.6 is 0 Å². The molecule has 0 atom stereocenters. The molecule has 0 aliphatic rings. The van der Waals surface area contributed by atoms with Gasteiger partial charge in [-0.25, -0.2) is 0 Å². The van der Waals surface area contributed by atoms with E-state index >= 15 is 0 Å². The fourth-order valence-corrected chi connectivity index (χ4v) is 2.80. The first kappa shape index (κ1) is 17.8. The molecule has 0 spiro atoms. The number of carbonyl (C=O) groups is 1. The highest BCUT2D eigenvalue weighted by atomic mass is 16.1. The molecule has 0 saturated carbocycles. The molecule has 1 aromatic heterocycles. The van der Waals surface area contributed by atoms with Crippen molar-refractivity contribution in [1.29, 1.82) is 0 Å². The lowest BCUT2D eigenvalue weighted by molar-refractivity contribution is 0.0948. The first-order chi connectivity index (χ1) is 9.72. The Labute approximate surface area is 129 Å². The van der Waals surface area contributed by atoms with Gasteiger partial charge in [-0.2, -0.15) is 0 Å². The number of rotatable bonds is 6. The number of nitrogens with zero attached hydrogens (tertiary/aromatic N) is 1. The maximum Gasteiger partial charge on any atom is 0.253 e. The molecule has 0 aliphatic carbocycles. The molecule has 0 bridgehead atoms. The van der Waals surface area contributed by atoms with Crippen LogP contribution in [0.4, 0.5) is 0 Å². The van der Waals surface area contributed by atoms with Crippen molar-refractivity contribution < 1.29 is 4.79 Å². The average Bonchev–Trinajstić information content (AvgIpc) is 2.70. The summed E-state index contributed by atoms with van der Waals surface area (Å²) in [6, 6.07) is 0. The number of aryl methyl sites for hydroxylation is 1. The van der Waals surface area contributed by atoms with Gasteiger partial charge in [-0.1, -0.05) is 34.6 Å². The summed E-state index contributed by atoms with van der Waals surface area (Å²) in [4.78, 5) is 18.1. The van der Waals surface area contributed by atoms with E-state index in [0.717, 1.165) is 42.1 Å². The average molecular weight is 293 g/mol. The quantitative estimate of drug-likeness (QED) is 0.847. The summed E-state index contributed by atoms with van der Waals surface area (Å²) in [6.45, 7) is 18.4. The minimum atomic E-state index is 0.0224. The summed E-state index contributed by atoms with van der Waals surface area (Å²) in [5, 5.41) is 3.04. The summed E-state index contributed by atoms with van der Waals surface area (Å²) in [7, 11) is 0. The van der Waals surface area contributed by atoms with Crippen LogP contribution in [0.25, 0.3) is 0 Å². The number of hydrogen-bond acceptors (Lipinski definition) is 2. The summed E-state index contributed by atoms with van der Waals surface area (Å²) in [5.41, 5.74) is 4.00. The van der Waals surface area contributed by atoms with Crippen LogP contribution < -0.4 is 5.32 Å². The molecule has 1 amide bonds. The van der Waals surface area contributed by atoms with E-state index in [2.05, 4.69) is 49.8 Å². The Morgan fingerprint density at radius 3 is 2.19 bits per heavy atom. The molecule has 1 rings (SSSR count). The standard InChI is InChI=1S/C17H31N3O/c1-8-20(9-2)11-10-18-16(21)14-12(3)15(17(5,6)7)19-13(14)4/h19H,8-11H2,1-7H3,(H,18,21). The summed E-state index contributed by atoms with van der Waals surface area (Å²) in [5.74, 6) is 0.0314. The van der Waals surface area contributed by atoms with E-state index in [1.807, 2.05) is 13.8 Å². The third-order valence-corrected chi connectivity index (χ3v) is 4.02. The van der Waals surface area contributed by atoms with Gasteiger partial charge in [-0.3, -0.25) is 4.79 Å². The number of amides is 1. The zero-order chi connectivity index (χ0) is 16.2. The van der Waals surface area contributed by atoms with E-state index in [-0.39, 0.29) is 11.3 Å². The van der Waals surface area contributed by atoms with Gasteiger partial charge in [-0.15, -0.1) is 0 Å². The fourth-order valence-electron chi connectivity index (χ4n) is 2.80. The van der Waals surface area contributed by atoms with Gasteiger partial charge in [0.2, 0.25) is 0 Å². The highest BCUT2D eigenvalue weighted by Crippen LogP contribution is 2.28. The topological polar surface area (TPSA) is 48.1 Å². The van der Waals surface area contributed by atoms with Crippen LogP contribution in [0.5, 0.6) is 0 Å². The molecular weight excluding hydrogens is 262 g/mol. The summed E-state index contributed by atoms with van der Waals surface area (Å²) in [6.07, 6.45) is 0. The van der Waals surface area contributed by atoms with E-state index in [0.29, 0.717) is 6.54 Å². The van der Waals surface area contributed by atoms with Gasteiger partial charge in [0.1, 0.15) is 0 Å². The molecular formula is C17H31N3O. The predicted molar refractivity (Wildman–Crippen MR) is 89.1 cm³/mol. The molecule has 1 heterocycles. The first-order valence-electron chi connectivity index (χ1n) is 7.92. The maximum atomic E-state index is 12.4. The maximum absolute atomic E-state index is 12.4. The Morgan fingerprint density at radius 1 is 1.19 bits per heavy atom. The molecule has 0 radical (unpaired) electrons. The Balaban J connectivity index is 2.78. The van der Waals surface area contributed by atoms with E-state index in [1.165, 1.54) is 0 Å². The van der Waals surface area contributed by atoms with Crippen LogP contribution in [-0.4, -0.2) is 42.0 Å². The number of carbonyl (C=O) groups excluding carboxylic acids is 1. The minimum Gasteiger partial charge on any atom is -0.361 e. The lowest BCUT2D eigenvalue weighted by Gasteiger charge is -2.19. The number of aromatic nitrogens is 1. The monoisotopic (exact) mass is 293 g/mol. The Hall–Kier alpha value is -1.29. The lowest BCUT2D eigenvalue weighted by Crippen LogP contribution is -2.35. The SMILES string of the molecule is CCN(CC)CCNC(=O)c1c(C)[nH]c(C(C)(C)C)c1C. The number of hydrogen-bond donors (Lipinski definition) is 2. The van der Waals surface area contributed by atoms with E-state index in [4.69, 9.17) is 0 Å². The van der Waals surface area contributed by atoms with Crippen molar-refractivity contribution in [3.8, 4) is 0 Å². The predicted octanol–water partition coefficient (Wildman–Crippen LogP) is 3.00. The number of likely N-dealkylation sites (N-methyl/N-ethyl adjacent to an activating group) is 1. The fraction of sp³-hybridized carbons (Fsp3) is 0.706. The molecule has 0 unspecified atom stereocenters. The normalized spacial score (nSPS) is 12.0. The van der Waals surface area contributed by atoms with Crippen molar-refractivity contribution in [1.82, 2.24) is 15.2 Å². The summed E-state index contributed by atoms with van der Waals surface area (Å²) >= 11 is 0. The molecule has 4 nitrogen and oxygen atoms in total. The molecule has 0 aliphatic heterocycles. The van der Waals surface area contributed by atoms with E-state index in [9.17, 15) is 4.79 Å². The van der Waals surface area contributed by atoms with Crippen molar-refractivity contribution >= 4 is 5.91 Å². The Kier molecular flexibility index (Phi) is 6.02. The Bertz CT molecular complexity index is 479. The van der Waals surface area contributed by atoms with Crippen LogP contribution in [-0.2, 0) is 5.41 Å². The highest BCUT2D eigenvalue weighted by Gasteiger charge is 2.24. The molecule has 1 aromatic rings. The van der Waals surface area contributed by atoms with Crippen molar-refractivity contribution in [3.05, 3.63) is 22.5 Å². The van der Waals surface area contributed by atoms with Crippen molar-refractivity contribution in [2.45, 2.75) is 53.9 Å². The van der Waals surface area contributed by atoms with Crippen molar-refractivity contribution in [2.24, 2.45) is 0 Å². The number of aromatic amines is 1. The van der Waals surface area contributed by atoms with Crippen molar-refractivity contribution in [3.63, 3.8) is 0 Å². The van der Waals surface area contributed by atoms with Gasteiger partial charge in [-0.05, 0) is 32.5 Å². The Morgan fingerprint density at radius 2 is 1.76 bits per heavy atom. The second-order valence-corrected chi connectivity index (χ2v) is 6.66. The molecule has 4 heteroatoms. The van der Waals surface area contributed by atoms with Gasteiger partial charge in [0.15, 0.2) is 0 Å². The lowest BCUT2D eigenvalue weighted by atomic mass is 9.89. The number of H-pyrrole nitrogens is 1. The van der Waals surface area contributed by atoms with Gasteiger partial charge in [0, 0.05) is 29.9 Å². The molecule has 0 aromatic carbocycles. The largest absolute Gasteiger partial charge is 0.361 e. The van der Waals surface area contributed by atoms with Gasteiger partial charge in [0.05, 0.1) is 5.56 Å². The minimum absolute atomic E-state index is 0.0224. The van der Waals surface area contributed by atoms with Gasteiger partial charge < -0.3 is 15.2 Å². The van der Waals surface area contributed by atoms with Crippen LogP contribution in [0.2, 0.25) is 0 Å². The van der Waals surface area contributed by atoms with Gasteiger partial charge in [0.25, 0.3) is 5.91 Å². The van der Waals surface area contributed by atoms with E-state index < -0.39 is 0 Å². The first-order valence-corrected chi connectivity index (χ1v) is 7.92. The van der Waals surface area contributed by atoms with E-state index in [1.54, 1.807) is 0 Å². The third-order valence-electron chi connectivity index (χ3n) is 4.02. The molecule has 0 fully saturated rings. The smallest absolute Gasteiger partial charge is 0.253 e. The second kappa shape index (κ2) is 7.12. The molecule has 120 valence electrons. The summed E-state index contributed by atoms with van der Waals surface area (Å²) < 4.78 is 0. The third kappa shape index (κ3) is 4.34. The molecule has 21 heavy (non-hydrogen) atoms.